The number of carbonyl (C=O) groups is 1. The summed E-state index contributed by atoms with van der Waals surface area (Å²) in [6.07, 6.45) is 0. The van der Waals surface area contributed by atoms with Gasteiger partial charge in [-0.15, -0.1) is 11.3 Å². The van der Waals surface area contributed by atoms with Crippen molar-refractivity contribution in [3.8, 4) is 22.8 Å². The summed E-state index contributed by atoms with van der Waals surface area (Å²) in [4.78, 5) is 17.6. The zero-order valence-corrected chi connectivity index (χ0v) is 18.6. The molecule has 7 nitrogen and oxygen atoms in total. The quantitative estimate of drug-likeness (QED) is 0.481. The van der Waals surface area contributed by atoms with E-state index in [2.05, 4.69) is 15.4 Å². The predicted octanol–water partition coefficient (Wildman–Crippen LogP) is 4.70. The van der Waals surface area contributed by atoms with Crippen LogP contribution in [0.15, 0.2) is 53.9 Å². The number of rotatable bonds is 5. The Hall–Kier alpha value is -3.65. The lowest BCUT2D eigenvalue weighted by atomic mass is 10.1. The van der Waals surface area contributed by atoms with Crippen molar-refractivity contribution in [1.29, 1.82) is 0 Å². The van der Waals surface area contributed by atoms with Crippen molar-refractivity contribution >= 4 is 22.4 Å². The van der Waals surface area contributed by atoms with Gasteiger partial charge in [0.2, 0.25) is 0 Å². The maximum Gasteiger partial charge on any atom is 0.261 e. The zero-order valence-electron chi connectivity index (χ0n) is 17.8. The minimum absolute atomic E-state index is 0.206. The fraction of sp³-hybridized carbons (Fsp3) is 0.208. The van der Waals surface area contributed by atoms with Gasteiger partial charge in [-0.05, 0) is 37.6 Å². The van der Waals surface area contributed by atoms with Crippen molar-refractivity contribution in [2.24, 2.45) is 0 Å². The highest BCUT2D eigenvalue weighted by molar-refractivity contribution is 7.14. The molecule has 3 heterocycles. The Morgan fingerprint density at radius 3 is 2.69 bits per heavy atom. The van der Waals surface area contributed by atoms with Gasteiger partial charge in [0.05, 0.1) is 23.5 Å². The summed E-state index contributed by atoms with van der Waals surface area (Å²) in [7, 11) is 0. The third kappa shape index (κ3) is 3.97. The summed E-state index contributed by atoms with van der Waals surface area (Å²) in [5.41, 5.74) is 4.92. The van der Waals surface area contributed by atoms with Crippen LogP contribution in [0.1, 0.15) is 27.3 Å². The van der Waals surface area contributed by atoms with Crippen molar-refractivity contribution in [3.05, 3.63) is 76.4 Å². The maximum atomic E-state index is 13.0. The highest BCUT2D eigenvalue weighted by Crippen LogP contribution is 2.35. The maximum absolute atomic E-state index is 13.0. The van der Waals surface area contributed by atoms with E-state index in [-0.39, 0.29) is 5.91 Å². The molecule has 0 atom stereocenters. The van der Waals surface area contributed by atoms with E-state index in [4.69, 9.17) is 9.47 Å². The number of amides is 1. The number of carbonyl (C=O) groups excluding carboxylic acids is 1. The fourth-order valence-corrected chi connectivity index (χ4v) is 4.48. The smallest absolute Gasteiger partial charge is 0.261 e. The Morgan fingerprint density at radius 1 is 1.09 bits per heavy atom. The SMILES string of the molecule is Cc1nn(Cc2ccccc2)c(C)c1C(=O)Nc1nc(-c2ccc3c(c2)OCCO3)cs1. The molecule has 4 aromatic rings. The topological polar surface area (TPSA) is 78.3 Å². The summed E-state index contributed by atoms with van der Waals surface area (Å²) in [6, 6.07) is 15.8. The van der Waals surface area contributed by atoms with Crippen LogP contribution in [0.5, 0.6) is 11.5 Å². The molecule has 0 saturated heterocycles. The van der Waals surface area contributed by atoms with Gasteiger partial charge >= 0.3 is 0 Å². The van der Waals surface area contributed by atoms with Crippen LogP contribution in [0.3, 0.4) is 0 Å². The van der Waals surface area contributed by atoms with E-state index in [1.165, 1.54) is 11.3 Å². The number of benzene rings is 2. The molecule has 2 aromatic carbocycles. The molecule has 2 aromatic heterocycles. The monoisotopic (exact) mass is 446 g/mol. The van der Waals surface area contributed by atoms with E-state index in [0.29, 0.717) is 41.9 Å². The van der Waals surface area contributed by atoms with E-state index in [0.717, 1.165) is 28.3 Å². The highest BCUT2D eigenvalue weighted by Gasteiger charge is 2.20. The average Bonchev–Trinajstić information content (AvgIpc) is 3.38. The summed E-state index contributed by atoms with van der Waals surface area (Å²) >= 11 is 1.38. The Balaban J connectivity index is 1.33. The second-order valence-electron chi connectivity index (χ2n) is 7.54. The first-order valence-electron chi connectivity index (χ1n) is 10.3. The molecule has 1 N–H and O–H groups in total. The molecule has 1 aliphatic heterocycles. The van der Waals surface area contributed by atoms with E-state index >= 15 is 0 Å². The number of hydrogen-bond acceptors (Lipinski definition) is 6. The molecule has 1 aliphatic rings. The largest absolute Gasteiger partial charge is 0.486 e. The van der Waals surface area contributed by atoms with Crippen molar-refractivity contribution in [2.45, 2.75) is 20.4 Å². The molecule has 0 spiro atoms. The van der Waals surface area contributed by atoms with Gasteiger partial charge in [0, 0.05) is 16.6 Å². The number of aryl methyl sites for hydroxylation is 1. The van der Waals surface area contributed by atoms with Crippen LogP contribution < -0.4 is 14.8 Å². The molecular formula is C24H22N4O3S. The van der Waals surface area contributed by atoms with Gasteiger partial charge in [-0.2, -0.15) is 5.10 Å². The summed E-state index contributed by atoms with van der Waals surface area (Å²) in [5.74, 6) is 1.24. The van der Waals surface area contributed by atoms with Gasteiger partial charge in [-0.1, -0.05) is 30.3 Å². The van der Waals surface area contributed by atoms with Crippen LogP contribution in [-0.2, 0) is 6.54 Å². The summed E-state index contributed by atoms with van der Waals surface area (Å²) < 4.78 is 13.1. The molecule has 32 heavy (non-hydrogen) atoms. The molecule has 0 radical (unpaired) electrons. The molecule has 5 rings (SSSR count). The summed E-state index contributed by atoms with van der Waals surface area (Å²) in [5, 5.41) is 9.96. The van der Waals surface area contributed by atoms with Gasteiger partial charge < -0.3 is 9.47 Å². The standard InChI is InChI=1S/C24H22N4O3S/c1-15-22(16(2)28(27-15)13-17-6-4-3-5-7-17)23(29)26-24-25-19(14-32-24)18-8-9-20-21(12-18)31-11-10-30-20/h3-9,12,14H,10-11,13H2,1-2H3,(H,25,26,29). The second-order valence-corrected chi connectivity index (χ2v) is 8.40. The minimum Gasteiger partial charge on any atom is -0.486 e. The molecule has 1 amide bonds. The number of anilines is 1. The minimum atomic E-state index is -0.206. The Morgan fingerprint density at radius 2 is 1.88 bits per heavy atom. The average molecular weight is 447 g/mol. The number of nitrogens with zero attached hydrogens (tertiary/aromatic N) is 3. The van der Waals surface area contributed by atoms with Gasteiger partial charge in [-0.25, -0.2) is 4.98 Å². The number of fused-ring (bicyclic) bond motifs is 1. The van der Waals surface area contributed by atoms with E-state index in [1.807, 2.05) is 72.4 Å². The van der Waals surface area contributed by atoms with Gasteiger partial charge in [0.1, 0.15) is 13.2 Å². The molecule has 162 valence electrons. The van der Waals surface area contributed by atoms with Gasteiger partial charge in [0.25, 0.3) is 5.91 Å². The van der Waals surface area contributed by atoms with Crippen LogP contribution in [0.4, 0.5) is 5.13 Å². The molecule has 0 aliphatic carbocycles. The Kier molecular flexibility index (Phi) is 5.36. The van der Waals surface area contributed by atoms with E-state index in [9.17, 15) is 4.79 Å². The number of hydrogen-bond donors (Lipinski definition) is 1. The van der Waals surface area contributed by atoms with Crippen molar-refractivity contribution < 1.29 is 14.3 Å². The van der Waals surface area contributed by atoms with Crippen LogP contribution in [0, 0.1) is 13.8 Å². The number of ether oxygens (including phenoxy) is 2. The number of aromatic nitrogens is 3. The van der Waals surface area contributed by atoms with Crippen LogP contribution in [-0.4, -0.2) is 33.9 Å². The summed E-state index contributed by atoms with van der Waals surface area (Å²) in [6.45, 7) is 5.48. The van der Waals surface area contributed by atoms with Gasteiger partial charge in [-0.3, -0.25) is 14.8 Å². The lowest BCUT2D eigenvalue weighted by Gasteiger charge is -2.18. The third-order valence-corrected chi connectivity index (χ3v) is 6.10. The first kappa shape index (κ1) is 20.3. The Labute approximate surface area is 189 Å². The number of thiazole rings is 1. The first-order chi connectivity index (χ1) is 15.6. The lowest BCUT2D eigenvalue weighted by molar-refractivity contribution is 0.102. The molecule has 0 unspecified atom stereocenters. The van der Waals surface area contributed by atoms with Crippen LogP contribution >= 0.6 is 11.3 Å². The van der Waals surface area contributed by atoms with Crippen molar-refractivity contribution in [2.75, 3.05) is 18.5 Å². The van der Waals surface area contributed by atoms with Crippen LogP contribution in [0.2, 0.25) is 0 Å². The Bertz CT molecular complexity index is 1280. The highest BCUT2D eigenvalue weighted by atomic mass is 32.1. The van der Waals surface area contributed by atoms with E-state index in [1.54, 1.807) is 0 Å². The molecule has 0 saturated carbocycles. The van der Waals surface area contributed by atoms with Crippen molar-refractivity contribution in [1.82, 2.24) is 14.8 Å². The predicted molar refractivity (Wildman–Crippen MR) is 124 cm³/mol. The normalized spacial score (nSPS) is 12.6. The second kappa shape index (κ2) is 8.47. The molecule has 0 bridgehead atoms. The molecule has 8 heteroatoms. The van der Waals surface area contributed by atoms with Crippen LogP contribution in [0.25, 0.3) is 11.3 Å². The third-order valence-electron chi connectivity index (χ3n) is 5.35. The van der Waals surface area contributed by atoms with E-state index < -0.39 is 0 Å². The lowest BCUT2D eigenvalue weighted by Crippen LogP contribution is -2.15. The molecular weight excluding hydrogens is 424 g/mol. The fourth-order valence-electron chi connectivity index (χ4n) is 3.76. The number of nitrogens with one attached hydrogen (secondary N) is 1. The first-order valence-corrected chi connectivity index (χ1v) is 11.2. The molecule has 0 fully saturated rings. The zero-order chi connectivity index (χ0) is 22.1. The van der Waals surface area contributed by atoms with Crippen molar-refractivity contribution in [3.63, 3.8) is 0 Å². The van der Waals surface area contributed by atoms with Gasteiger partial charge in [0.15, 0.2) is 16.6 Å².